The highest BCUT2D eigenvalue weighted by molar-refractivity contribution is 7.80. The lowest BCUT2D eigenvalue weighted by atomic mass is 10.1. The maximum absolute atomic E-state index is 5.43. The van der Waals surface area contributed by atoms with E-state index in [0.29, 0.717) is 6.54 Å². The SMILES string of the molecule is NC[C@H](S)c1ccccc1. The highest BCUT2D eigenvalue weighted by Crippen LogP contribution is 2.16. The Kier molecular flexibility index (Phi) is 2.78. The van der Waals surface area contributed by atoms with Crippen molar-refractivity contribution in [2.75, 3.05) is 6.54 Å². The summed E-state index contributed by atoms with van der Waals surface area (Å²) in [7, 11) is 0. The largest absolute Gasteiger partial charge is 0.329 e. The van der Waals surface area contributed by atoms with E-state index in [2.05, 4.69) is 12.6 Å². The molecule has 0 saturated heterocycles. The molecule has 10 heavy (non-hydrogen) atoms. The van der Waals surface area contributed by atoms with Crippen LogP contribution in [0.3, 0.4) is 0 Å². The number of nitrogens with two attached hydrogens (primary N) is 1. The summed E-state index contributed by atoms with van der Waals surface area (Å²) in [5.74, 6) is 0. The van der Waals surface area contributed by atoms with E-state index in [-0.39, 0.29) is 5.25 Å². The predicted octanol–water partition coefficient (Wildman–Crippen LogP) is 1.62. The summed E-state index contributed by atoms with van der Waals surface area (Å²) in [6.07, 6.45) is 0. The third-order valence-corrected chi connectivity index (χ3v) is 1.92. The van der Waals surface area contributed by atoms with Crippen LogP contribution >= 0.6 is 12.6 Å². The molecule has 2 N–H and O–H groups in total. The summed E-state index contributed by atoms with van der Waals surface area (Å²) in [4.78, 5) is 0. The van der Waals surface area contributed by atoms with Gasteiger partial charge in [-0.05, 0) is 5.56 Å². The van der Waals surface area contributed by atoms with Crippen LogP contribution in [-0.4, -0.2) is 6.54 Å². The molecular weight excluding hydrogens is 142 g/mol. The van der Waals surface area contributed by atoms with Gasteiger partial charge in [-0.2, -0.15) is 12.6 Å². The van der Waals surface area contributed by atoms with Crippen molar-refractivity contribution in [2.45, 2.75) is 5.25 Å². The molecule has 0 amide bonds. The van der Waals surface area contributed by atoms with E-state index in [4.69, 9.17) is 5.73 Å². The molecule has 1 atom stereocenters. The topological polar surface area (TPSA) is 26.0 Å². The molecule has 0 spiro atoms. The van der Waals surface area contributed by atoms with Crippen molar-refractivity contribution >= 4 is 12.6 Å². The van der Waals surface area contributed by atoms with Gasteiger partial charge in [-0.3, -0.25) is 0 Å². The molecule has 1 nitrogen and oxygen atoms in total. The second-order valence-corrected chi connectivity index (χ2v) is 2.79. The first-order chi connectivity index (χ1) is 4.84. The summed E-state index contributed by atoms with van der Waals surface area (Å²) in [6, 6.07) is 10.0. The third kappa shape index (κ3) is 1.75. The Morgan fingerprint density at radius 1 is 1.30 bits per heavy atom. The van der Waals surface area contributed by atoms with Gasteiger partial charge < -0.3 is 5.73 Å². The van der Waals surface area contributed by atoms with Crippen LogP contribution in [0.4, 0.5) is 0 Å². The Bertz CT molecular complexity index is 186. The van der Waals surface area contributed by atoms with Crippen LogP contribution in [-0.2, 0) is 0 Å². The standard InChI is InChI=1S/C8H11NS/c9-6-8(10)7-4-2-1-3-5-7/h1-5,8,10H,6,9H2/t8-/m0/s1. The van der Waals surface area contributed by atoms with Gasteiger partial charge in [0, 0.05) is 11.8 Å². The van der Waals surface area contributed by atoms with Crippen LogP contribution in [0.5, 0.6) is 0 Å². The van der Waals surface area contributed by atoms with Crippen LogP contribution in [0.1, 0.15) is 10.8 Å². The van der Waals surface area contributed by atoms with E-state index in [1.807, 2.05) is 30.3 Å². The van der Waals surface area contributed by atoms with Crippen molar-refractivity contribution in [1.82, 2.24) is 0 Å². The lowest BCUT2D eigenvalue weighted by molar-refractivity contribution is 0.949. The first-order valence-corrected chi connectivity index (χ1v) is 3.79. The van der Waals surface area contributed by atoms with Crippen LogP contribution in [0.25, 0.3) is 0 Å². The van der Waals surface area contributed by atoms with Crippen molar-refractivity contribution in [1.29, 1.82) is 0 Å². The molecule has 0 heterocycles. The first-order valence-electron chi connectivity index (χ1n) is 3.27. The van der Waals surface area contributed by atoms with Crippen molar-refractivity contribution in [3.8, 4) is 0 Å². The van der Waals surface area contributed by atoms with E-state index in [9.17, 15) is 0 Å². The van der Waals surface area contributed by atoms with Gasteiger partial charge in [0.25, 0.3) is 0 Å². The highest BCUT2D eigenvalue weighted by Gasteiger charge is 2.00. The highest BCUT2D eigenvalue weighted by atomic mass is 32.1. The van der Waals surface area contributed by atoms with E-state index in [1.54, 1.807) is 0 Å². The smallest absolute Gasteiger partial charge is 0.0389 e. The van der Waals surface area contributed by atoms with Crippen molar-refractivity contribution < 1.29 is 0 Å². The van der Waals surface area contributed by atoms with E-state index >= 15 is 0 Å². The second kappa shape index (κ2) is 3.64. The Morgan fingerprint density at radius 3 is 2.40 bits per heavy atom. The summed E-state index contributed by atoms with van der Waals surface area (Å²) in [6.45, 7) is 0.590. The Labute approximate surface area is 66.7 Å². The van der Waals surface area contributed by atoms with Gasteiger partial charge in [0.2, 0.25) is 0 Å². The van der Waals surface area contributed by atoms with Gasteiger partial charge in [0.05, 0.1) is 0 Å². The summed E-state index contributed by atoms with van der Waals surface area (Å²) in [5.41, 5.74) is 6.62. The molecule has 54 valence electrons. The minimum absolute atomic E-state index is 0.182. The monoisotopic (exact) mass is 153 g/mol. The van der Waals surface area contributed by atoms with Gasteiger partial charge in [-0.15, -0.1) is 0 Å². The zero-order chi connectivity index (χ0) is 7.40. The molecule has 0 saturated carbocycles. The second-order valence-electron chi connectivity index (χ2n) is 2.16. The fraction of sp³-hybridized carbons (Fsp3) is 0.250. The zero-order valence-electron chi connectivity index (χ0n) is 5.70. The van der Waals surface area contributed by atoms with Gasteiger partial charge >= 0.3 is 0 Å². The number of thiol groups is 1. The molecule has 0 aliphatic rings. The molecule has 0 aliphatic heterocycles. The lowest BCUT2D eigenvalue weighted by Crippen LogP contribution is -2.06. The molecule has 1 rings (SSSR count). The van der Waals surface area contributed by atoms with Crippen LogP contribution in [0.15, 0.2) is 30.3 Å². The summed E-state index contributed by atoms with van der Waals surface area (Å²) < 4.78 is 0. The average Bonchev–Trinajstić information content (AvgIpc) is 2.05. The maximum Gasteiger partial charge on any atom is 0.0389 e. The molecule has 0 fully saturated rings. The van der Waals surface area contributed by atoms with Gasteiger partial charge in [0.1, 0.15) is 0 Å². The number of rotatable bonds is 2. The molecular formula is C8H11NS. The normalized spacial score (nSPS) is 13.0. The number of benzene rings is 1. The summed E-state index contributed by atoms with van der Waals surface area (Å²) >= 11 is 4.29. The minimum Gasteiger partial charge on any atom is -0.329 e. The van der Waals surface area contributed by atoms with Crippen LogP contribution in [0.2, 0.25) is 0 Å². The average molecular weight is 153 g/mol. The van der Waals surface area contributed by atoms with Crippen LogP contribution < -0.4 is 5.73 Å². The number of hydrogen-bond donors (Lipinski definition) is 2. The zero-order valence-corrected chi connectivity index (χ0v) is 6.59. The Hall–Kier alpha value is -0.470. The molecule has 1 aromatic rings. The number of hydrogen-bond acceptors (Lipinski definition) is 2. The fourth-order valence-corrected chi connectivity index (χ4v) is 0.983. The molecule has 0 radical (unpaired) electrons. The molecule has 0 aromatic heterocycles. The Morgan fingerprint density at radius 2 is 1.90 bits per heavy atom. The molecule has 1 aromatic carbocycles. The fourth-order valence-electron chi connectivity index (χ4n) is 0.811. The molecule has 0 unspecified atom stereocenters. The molecule has 2 heteroatoms. The molecule has 0 aliphatic carbocycles. The van der Waals surface area contributed by atoms with E-state index in [1.165, 1.54) is 5.56 Å². The van der Waals surface area contributed by atoms with E-state index < -0.39 is 0 Å². The lowest BCUT2D eigenvalue weighted by Gasteiger charge is -2.05. The van der Waals surface area contributed by atoms with Gasteiger partial charge in [-0.1, -0.05) is 30.3 Å². The molecule has 0 bridgehead atoms. The van der Waals surface area contributed by atoms with Crippen molar-refractivity contribution in [2.24, 2.45) is 5.73 Å². The predicted molar refractivity (Wildman–Crippen MR) is 47.2 cm³/mol. The van der Waals surface area contributed by atoms with Crippen molar-refractivity contribution in [3.63, 3.8) is 0 Å². The van der Waals surface area contributed by atoms with Crippen LogP contribution in [0, 0.1) is 0 Å². The summed E-state index contributed by atoms with van der Waals surface area (Å²) in [5, 5.41) is 0.182. The maximum atomic E-state index is 5.43. The first kappa shape index (κ1) is 7.63. The van der Waals surface area contributed by atoms with Crippen molar-refractivity contribution in [3.05, 3.63) is 35.9 Å². The van der Waals surface area contributed by atoms with Gasteiger partial charge in [0.15, 0.2) is 0 Å². The van der Waals surface area contributed by atoms with E-state index in [0.717, 1.165) is 0 Å². The third-order valence-electron chi connectivity index (χ3n) is 1.41. The minimum atomic E-state index is 0.182. The van der Waals surface area contributed by atoms with Gasteiger partial charge in [-0.25, -0.2) is 0 Å². The Balaban J connectivity index is 2.75. The quantitative estimate of drug-likeness (QED) is 0.620.